The number of nitrogens with one attached hydrogen (secondary N) is 1. The largest absolute Gasteiger partial charge is 0.480 e. The van der Waals surface area contributed by atoms with E-state index in [1.807, 2.05) is 13.8 Å². The number of hydrogen-bond donors (Lipinski definition) is 2. The van der Waals surface area contributed by atoms with Crippen LogP contribution >= 0.6 is 15.9 Å². The zero-order valence-electron chi connectivity index (χ0n) is 11.5. The van der Waals surface area contributed by atoms with Gasteiger partial charge in [0, 0.05) is 11.6 Å². The van der Waals surface area contributed by atoms with Crippen LogP contribution in [-0.4, -0.2) is 27.9 Å². The Kier molecular flexibility index (Phi) is 5.83. The number of carboxylic acids is 1. The highest BCUT2D eigenvalue weighted by Crippen LogP contribution is 2.25. The lowest BCUT2D eigenvalue weighted by atomic mass is 10.0. The second kappa shape index (κ2) is 7.16. The number of halogens is 1. The maximum atomic E-state index is 12.0. The standard InChI is InChI=1S/C13H15BrN2O5/c1-7(2)5-10(13(18)19)15-12(17)8-3-4-9(14)11(6-8)16(20)21/h3-4,6-7,10H,5H2,1-2H3,(H,15,17)(H,18,19)/t10-/m0/s1. The summed E-state index contributed by atoms with van der Waals surface area (Å²) in [7, 11) is 0. The zero-order valence-corrected chi connectivity index (χ0v) is 13.1. The monoisotopic (exact) mass is 358 g/mol. The van der Waals surface area contributed by atoms with E-state index in [1.54, 1.807) is 0 Å². The van der Waals surface area contributed by atoms with Crippen LogP contribution in [0.4, 0.5) is 5.69 Å². The van der Waals surface area contributed by atoms with Crippen LogP contribution in [0.3, 0.4) is 0 Å². The number of carbonyl (C=O) groups excluding carboxylic acids is 1. The molecular formula is C13H15BrN2O5. The lowest BCUT2D eigenvalue weighted by Gasteiger charge is -2.16. The van der Waals surface area contributed by atoms with Crippen LogP contribution in [0.15, 0.2) is 22.7 Å². The quantitative estimate of drug-likeness (QED) is 0.599. The fourth-order valence-corrected chi connectivity index (χ4v) is 2.12. The Bertz CT molecular complexity index is 574. The molecule has 0 saturated carbocycles. The molecular weight excluding hydrogens is 344 g/mol. The van der Waals surface area contributed by atoms with Gasteiger partial charge in [-0.2, -0.15) is 0 Å². The fourth-order valence-electron chi connectivity index (χ4n) is 1.73. The number of amides is 1. The minimum atomic E-state index is -1.14. The van der Waals surface area contributed by atoms with Crippen LogP contribution in [-0.2, 0) is 4.79 Å². The van der Waals surface area contributed by atoms with Crippen molar-refractivity contribution in [2.75, 3.05) is 0 Å². The first-order valence-corrected chi connectivity index (χ1v) is 6.99. The first-order valence-electron chi connectivity index (χ1n) is 6.20. The van der Waals surface area contributed by atoms with E-state index in [-0.39, 0.29) is 28.1 Å². The number of hydrogen-bond acceptors (Lipinski definition) is 4. The molecule has 0 aliphatic carbocycles. The third-order valence-electron chi connectivity index (χ3n) is 2.72. The molecule has 0 radical (unpaired) electrons. The number of carboxylic acid groups (broad SMARTS) is 1. The van der Waals surface area contributed by atoms with Gasteiger partial charge in [-0.1, -0.05) is 13.8 Å². The molecule has 0 unspecified atom stereocenters. The smallest absolute Gasteiger partial charge is 0.326 e. The lowest BCUT2D eigenvalue weighted by Crippen LogP contribution is -2.41. The van der Waals surface area contributed by atoms with Gasteiger partial charge in [0.15, 0.2) is 0 Å². The molecule has 0 aliphatic heterocycles. The number of carbonyl (C=O) groups is 2. The molecule has 0 heterocycles. The second-order valence-electron chi connectivity index (χ2n) is 4.92. The molecule has 1 aromatic carbocycles. The van der Waals surface area contributed by atoms with Gasteiger partial charge in [-0.05, 0) is 40.4 Å². The summed E-state index contributed by atoms with van der Waals surface area (Å²) in [6.07, 6.45) is 0.277. The van der Waals surface area contributed by atoms with Crippen LogP contribution < -0.4 is 5.32 Å². The van der Waals surface area contributed by atoms with Gasteiger partial charge in [0.2, 0.25) is 0 Å². The Morgan fingerprint density at radius 1 is 1.43 bits per heavy atom. The van der Waals surface area contributed by atoms with Crippen molar-refractivity contribution in [1.29, 1.82) is 0 Å². The van der Waals surface area contributed by atoms with Crippen LogP contribution in [0.25, 0.3) is 0 Å². The Labute approximate surface area is 129 Å². The molecule has 1 amide bonds. The lowest BCUT2D eigenvalue weighted by molar-refractivity contribution is -0.385. The topological polar surface area (TPSA) is 110 Å². The number of nitro groups is 1. The minimum absolute atomic E-state index is 0.0416. The van der Waals surface area contributed by atoms with Crippen molar-refractivity contribution in [3.05, 3.63) is 38.3 Å². The highest BCUT2D eigenvalue weighted by atomic mass is 79.9. The molecule has 0 saturated heterocycles. The summed E-state index contributed by atoms with van der Waals surface area (Å²) < 4.78 is 0.251. The van der Waals surface area contributed by atoms with Crippen molar-refractivity contribution < 1.29 is 19.6 Å². The average Bonchev–Trinajstić information content (AvgIpc) is 2.37. The van der Waals surface area contributed by atoms with Crippen molar-refractivity contribution in [3.63, 3.8) is 0 Å². The SMILES string of the molecule is CC(C)C[C@H](NC(=O)c1ccc(Br)c([N+](=O)[O-])c1)C(=O)O. The molecule has 114 valence electrons. The normalized spacial score (nSPS) is 12.0. The Morgan fingerprint density at radius 3 is 2.52 bits per heavy atom. The van der Waals surface area contributed by atoms with Crippen molar-refractivity contribution in [3.8, 4) is 0 Å². The van der Waals surface area contributed by atoms with E-state index in [2.05, 4.69) is 21.2 Å². The number of nitrogens with zero attached hydrogens (tertiary/aromatic N) is 1. The highest BCUT2D eigenvalue weighted by molar-refractivity contribution is 9.10. The van der Waals surface area contributed by atoms with Gasteiger partial charge < -0.3 is 10.4 Å². The molecule has 1 atom stereocenters. The fraction of sp³-hybridized carbons (Fsp3) is 0.385. The summed E-state index contributed by atoms with van der Waals surface area (Å²) in [4.78, 5) is 33.3. The van der Waals surface area contributed by atoms with E-state index in [1.165, 1.54) is 12.1 Å². The molecule has 0 aromatic heterocycles. The molecule has 8 heteroatoms. The second-order valence-corrected chi connectivity index (χ2v) is 5.77. The average molecular weight is 359 g/mol. The predicted octanol–water partition coefficient (Wildman–Crippen LogP) is 2.59. The number of aliphatic carboxylic acids is 1. The van der Waals surface area contributed by atoms with Crippen LogP contribution in [0.5, 0.6) is 0 Å². The van der Waals surface area contributed by atoms with Gasteiger partial charge >= 0.3 is 5.97 Å². The molecule has 0 spiro atoms. The molecule has 7 nitrogen and oxygen atoms in total. The van der Waals surface area contributed by atoms with Crippen LogP contribution in [0.1, 0.15) is 30.6 Å². The molecule has 0 bridgehead atoms. The van der Waals surface area contributed by atoms with E-state index in [9.17, 15) is 19.7 Å². The van der Waals surface area contributed by atoms with Crippen LogP contribution in [0.2, 0.25) is 0 Å². The molecule has 0 fully saturated rings. The van der Waals surface area contributed by atoms with Crippen molar-refractivity contribution in [2.45, 2.75) is 26.3 Å². The van der Waals surface area contributed by atoms with Gasteiger partial charge in [0.05, 0.1) is 9.40 Å². The van der Waals surface area contributed by atoms with E-state index in [0.29, 0.717) is 0 Å². The van der Waals surface area contributed by atoms with E-state index in [4.69, 9.17) is 5.11 Å². The minimum Gasteiger partial charge on any atom is -0.480 e. The molecule has 2 N–H and O–H groups in total. The highest BCUT2D eigenvalue weighted by Gasteiger charge is 2.23. The first-order chi connectivity index (χ1) is 9.72. The van der Waals surface area contributed by atoms with Crippen LogP contribution in [0, 0.1) is 16.0 Å². The predicted molar refractivity (Wildman–Crippen MR) is 79.1 cm³/mol. The maximum absolute atomic E-state index is 12.0. The maximum Gasteiger partial charge on any atom is 0.326 e. The van der Waals surface area contributed by atoms with Gasteiger partial charge in [-0.25, -0.2) is 4.79 Å². The third-order valence-corrected chi connectivity index (χ3v) is 3.39. The third kappa shape index (κ3) is 4.82. The summed E-state index contributed by atoms with van der Waals surface area (Å²) >= 11 is 3.02. The summed E-state index contributed by atoms with van der Waals surface area (Å²) in [5.41, 5.74) is -0.210. The first kappa shape index (κ1) is 17.1. The summed E-state index contributed by atoms with van der Waals surface area (Å²) in [6.45, 7) is 3.68. The molecule has 0 aliphatic rings. The van der Waals surface area contributed by atoms with Crippen molar-refractivity contribution in [1.82, 2.24) is 5.32 Å². The Morgan fingerprint density at radius 2 is 2.05 bits per heavy atom. The summed E-state index contributed by atoms with van der Waals surface area (Å²) in [5, 5.41) is 22.3. The summed E-state index contributed by atoms with van der Waals surface area (Å²) in [6, 6.07) is 2.85. The van der Waals surface area contributed by atoms with Gasteiger partial charge in [0.25, 0.3) is 11.6 Å². The van der Waals surface area contributed by atoms with E-state index < -0.39 is 22.8 Å². The molecule has 1 aromatic rings. The molecule has 21 heavy (non-hydrogen) atoms. The summed E-state index contributed by atoms with van der Waals surface area (Å²) in [5.74, 6) is -1.70. The zero-order chi connectivity index (χ0) is 16.2. The Hall–Kier alpha value is -1.96. The van der Waals surface area contributed by atoms with Crippen molar-refractivity contribution in [2.24, 2.45) is 5.92 Å². The van der Waals surface area contributed by atoms with E-state index >= 15 is 0 Å². The van der Waals surface area contributed by atoms with Gasteiger partial charge in [-0.15, -0.1) is 0 Å². The molecule has 1 rings (SSSR count). The number of rotatable bonds is 6. The number of nitro benzene ring substituents is 1. The number of benzene rings is 1. The Balaban J connectivity index is 2.95. The van der Waals surface area contributed by atoms with Gasteiger partial charge in [0.1, 0.15) is 6.04 Å². The van der Waals surface area contributed by atoms with Gasteiger partial charge in [-0.3, -0.25) is 14.9 Å². The van der Waals surface area contributed by atoms with Crippen molar-refractivity contribution >= 4 is 33.5 Å². The van der Waals surface area contributed by atoms with E-state index in [0.717, 1.165) is 6.07 Å².